The van der Waals surface area contributed by atoms with Crippen LogP contribution in [-0.2, 0) is 5.41 Å². The Balaban J connectivity index is 2.55. The van der Waals surface area contributed by atoms with Crippen molar-refractivity contribution >= 4 is 0 Å². The number of hydrogen-bond acceptors (Lipinski definition) is 3. The molecule has 1 aliphatic carbocycles. The predicted octanol–water partition coefficient (Wildman–Crippen LogP) is 2.88. The summed E-state index contributed by atoms with van der Waals surface area (Å²) in [5.41, 5.74) is 8.97. The van der Waals surface area contributed by atoms with E-state index in [2.05, 4.69) is 0 Å². The van der Waals surface area contributed by atoms with Crippen LogP contribution in [-0.4, -0.2) is 16.8 Å². The van der Waals surface area contributed by atoms with Crippen LogP contribution in [0.25, 0.3) is 0 Å². The standard InChI is InChI=1S/C15H23NO2/c1-10-11(2)14(18)13(17)8-12(10)15(9-16)6-4-3-5-7-15/h8,17-18H,3-7,9,16H2,1-2H3. The van der Waals surface area contributed by atoms with E-state index in [1.54, 1.807) is 6.07 Å². The van der Waals surface area contributed by atoms with Crippen LogP contribution >= 0.6 is 0 Å². The van der Waals surface area contributed by atoms with Crippen LogP contribution < -0.4 is 5.73 Å². The molecule has 1 aromatic rings. The van der Waals surface area contributed by atoms with E-state index >= 15 is 0 Å². The normalized spacial score (nSPS) is 18.8. The molecule has 1 aliphatic rings. The number of phenols is 2. The second-order valence-corrected chi connectivity index (χ2v) is 5.59. The third-order valence-corrected chi connectivity index (χ3v) is 4.62. The van der Waals surface area contributed by atoms with Gasteiger partial charge in [-0.1, -0.05) is 19.3 Å². The maximum atomic E-state index is 9.86. The molecule has 3 nitrogen and oxygen atoms in total. The summed E-state index contributed by atoms with van der Waals surface area (Å²) in [6, 6.07) is 1.72. The molecule has 2 rings (SSSR count). The number of aromatic hydroxyl groups is 2. The van der Waals surface area contributed by atoms with E-state index < -0.39 is 0 Å². The fourth-order valence-corrected chi connectivity index (χ4v) is 3.25. The third-order valence-electron chi connectivity index (χ3n) is 4.62. The first kappa shape index (κ1) is 13.2. The Bertz CT molecular complexity index is 448. The Kier molecular flexibility index (Phi) is 3.53. The summed E-state index contributed by atoms with van der Waals surface area (Å²) in [6.07, 6.45) is 5.81. The Morgan fingerprint density at radius 2 is 1.72 bits per heavy atom. The van der Waals surface area contributed by atoms with Crippen LogP contribution in [0.1, 0.15) is 48.8 Å². The first-order chi connectivity index (χ1) is 8.52. The maximum absolute atomic E-state index is 9.86. The minimum atomic E-state index is -0.0218. The summed E-state index contributed by atoms with van der Waals surface area (Å²) in [5.74, 6) is -0.0225. The lowest BCUT2D eigenvalue weighted by molar-refractivity contribution is 0.297. The average molecular weight is 249 g/mol. The molecular formula is C15H23NO2. The van der Waals surface area contributed by atoms with Gasteiger partial charge in [0, 0.05) is 12.0 Å². The highest BCUT2D eigenvalue weighted by Gasteiger charge is 2.35. The molecule has 0 radical (unpaired) electrons. The zero-order valence-corrected chi connectivity index (χ0v) is 11.3. The minimum absolute atomic E-state index is 0.000712. The van der Waals surface area contributed by atoms with Crippen molar-refractivity contribution in [2.24, 2.45) is 5.73 Å². The molecule has 0 spiro atoms. The summed E-state index contributed by atoms with van der Waals surface area (Å²) in [7, 11) is 0. The summed E-state index contributed by atoms with van der Waals surface area (Å²) in [5, 5.41) is 19.6. The summed E-state index contributed by atoms with van der Waals surface area (Å²) >= 11 is 0. The molecule has 1 fully saturated rings. The van der Waals surface area contributed by atoms with Gasteiger partial charge in [-0.3, -0.25) is 0 Å². The predicted molar refractivity (Wildman–Crippen MR) is 73.1 cm³/mol. The zero-order chi connectivity index (χ0) is 13.3. The zero-order valence-electron chi connectivity index (χ0n) is 11.3. The van der Waals surface area contributed by atoms with Crippen LogP contribution in [0.5, 0.6) is 11.5 Å². The lowest BCUT2D eigenvalue weighted by Crippen LogP contribution is -2.37. The minimum Gasteiger partial charge on any atom is -0.504 e. The monoisotopic (exact) mass is 249 g/mol. The molecule has 1 aromatic carbocycles. The molecule has 0 unspecified atom stereocenters. The van der Waals surface area contributed by atoms with Gasteiger partial charge in [0.05, 0.1) is 0 Å². The van der Waals surface area contributed by atoms with Gasteiger partial charge < -0.3 is 15.9 Å². The fraction of sp³-hybridized carbons (Fsp3) is 0.600. The van der Waals surface area contributed by atoms with Crippen LogP contribution in [0, 0.1) is 13.8 Å². The summed E-state index contributed by atoms with van der Waals surface area (Å²) < 4.78 is 0. The number of rotatable bonds is 2. The van der Waals surface area contributed by atoms with Gasteiger partial charge in [0.1, 0.15) is 0 Å². The van der Waals surface area contributed by atoms with Crippen LogP contribution in [0.4, 0.5) is 0 Å². The van der Waals surface area contributed by atoms with Crippen molar-refractivity contribution in [2.75, 3.05) is 6.54 Å². The van der Waals surface area contributed by atoms with E-state index in [1.165, 1.54) is 19.3 Å². The van der Waals surface area contributed by atoms with E-state index in [-0.39, 0.29) is 16.9 Å². The fourth-order valence-electron chi connectivity index (χ4n) is 3.25. The van der Waals surface area contributed by atoms with Gasteiger partial charge >= 0.3 is 0 Å². The largest absolute Gasteiger partial charge is 0.504 e. The van der Waals surface area contributed by atoms with Gasteiger partial charge in [0.15, 0.2) is 11.5 Å². The molecule has 3 heteroatoms. The molecule has 1 saturated carbocycles. The highest BCUT2D eigenvalue weighted by Crippen LogP contribution is 2.44. The van der Waals surface area contributed by atoms with E-state index in [4.69, 9.17) is 5.73 Å². The van der Waals surface area contributed by atoms with Crippen LogP contribution in [0.15, 0.2) is 6.07 Å². The number of hydrogen-bond donors (Lipinski definition) is 3. The SMILES string of the molecule is Cc1c(C2(CN)CCCCC2)cc(O)c(O)c1C. The van der Waals surface area contributed by atoms with Gasteiger partial charge in [0.25, 0.3) is 0 Å². The molecule has 0 aromatic heterocycles. The third kappa shape index (κ3) is 1.97. The van der Waals surface area contributed by atoms with Crippen LogP contribution in [0.3, 0.4) is 0 Å². The van der Waals surface area contributed by atoms with Crippen molar-refractivity contribution in [1.82, 2.24) is 0 Å². The first-order valence-electron chi connectivity index (χ1n) is 6.74. The number of phenolic OH excluding ortho intramolecular Hbond substituents is 2. The topological polar surface area (TPSA) is 66.5 Å². The summed E-state index contributed by atoms with van der Waals surface area (Å²) in [6.45, 7) is 4.47. The van der Waals surface area contributed by atoms with E-state index in [0.717, 1.165) is 29.5 Å². The highest BCUT2D eigenvalue weighted by molar-refractivity contribution is 5.54. The number of nitrogens with two attached hydrogens (primary N) is 1. The average Bonchev–Trinajstić information content (AvgIpc) is 2.41. The van der Waals surface area contributed by atoms with Crippen molar-refractivity contribution in [1.29, 1.82) is 0 Å². The van der Waals surface area contributed by atoms with Crippen molar-refractivity contribution in [2.45, 2.75) is 51.4 Å². The van der Waals surface area contributed by atoms with Gasteiger partial charge in [-0.15, -0.1) is 0 Å². The van der Waals surface area contributed by atoms with Crippen molar-refractivity contribution in [3.8, 4) is 11.5 Å². The molecular weight excluding hydrogens is 226 g/mol. The molecule has 0 bridgehead atoms. The molecule has 100 valence electrons. The van der Waals surface area contributed by atoms with Crippen molar-refractivity contribution in [3.63, 3.8) is 0 Å². The second-order valence-electron chi connectivity index (χ2n) is 5.59. The Hall–Kier alpha value is -1.22. The number of benzene rings is 1. The Labute approximate surface area is 109 Å². The maximum Gasteiger partial charge on any atom is 0.160 e. The quantitative estimate of drug-likeness (QED) is 0.706. The molecule has 18 heavy (non-hydrogen) atoms. The molecule has 0 aliphatic heterocycles. The summed E-state index contributed by atoms with van der Waals surface area (Å²) in [4.78, 5) is 0. The van der Waals surface area contributed by atoms with Gasteiger partial charge in [-0.05, 0) is 49.4 Å². The van der Waals surface area contributed by atoms with E-state index in [0.29, 0.717) is 6.54 Å². The lowest BCUT2D eigenvalue weighted by Gasteiger charge is -2.38. The highest BCUT2D eigenvalue weighted by atomic mass is 16.3. The molecule has 0 saturated heterocycles. The van der Waals surface area contributed by atoms with Gasteiger partial charge in [-0.25, -0.2) is 0 Å². The lowest BCUT2D eigenvalue weighted by atomic mass is 9.67. The Morgan fingerprint density at radius 1 is 1.11 bits per heavy atom. The van der Waals surface area contributed by atoms with Gasteiger partial charge in [-0.2, -0.15) is 0 Å². The molecule has 0 heterocycles. The van der Waals surface area contributed by atoms with E-state index in [1.807, 2.05) is 13.8 Å². The Morgan fingerprint density at radius 3 is 2.28 bits per heavy atom. The van der Waals surface area contributed by atoms with Crippen molar-refractivity contribution < 1.29 is 10.2 Å². The molecule has 0 atom stereocenters. The first-order valence-corrected chi connectivity index (χ1v) is 6.74. The van der Waals surface area contributed by atoms with Crippen LogP contribution in [0.2, 0.25) is 0 Å². The van der Waals surface area contributed by atoms with Gasteiger partial charge in [0.2, 0.25) is 0 Å². The molecule has 0 amide bonds. The molecule has 4 N–H and O–H groups in total. The van der Waals surface area contributed by atoms with E-state index in [9.17, 15) is 10.2 Å². The van der Waals surface area contributed by atoms with Crippen molar-refractivity contribution in [3.05, 3.63) is 22.8 Å². The second kappa shape index (κ2) is 4.81. The smallest absolute Gasteiger partial charge is 0.160 e.